The van der Waals surface area contributed by atoms with Crippen LogP contribution in [0.3, 0.4) is 0 Å². The first-order chi connectivity index (χ1) is 11.6. The summed E-state index contributed by atoms with van der Waals surface area (Å²) < 4.78 is 15.8. The van der Waals surface area contributed by atoms with Crippen LogP contribution in [0.1, 0.15) is 15.9 Å². The molecule has 2 aromatic carbocycles. The van der Waals surface area contributed by atoms with Crippen LogP contribution < -0.4 is 19.5 Å². The topological polar surface area (TPSA) is 56.8 Å². The lowest BCUT2D eigenvalue weighted by Gasteiger charge is -2.12. The highest BCUT2D eigenvalue weighted by Crippen LogP contribution is 2.28. The molecule has 0 heterocycles. The zero-order valence-electron chi connectivity index (χ0n) is 14.2. The van der Waals surface area contributed by atoms with Gasteiger partial charge in [-0.2, -0.15) is 0 Å². The minimum atomic E-state index is -0.186. The quantitative estimate of drug-likeness (QED) is 0.778. The van der Waals surface area contributed by atoms with Crippen molar-refractivity contribution in [3.8, 4) is 17.2 Å². The monoisotopic (exact) mass is 347 g/mol. The summed E-state index contributed by atoms with van der Waals surface area (Å²) in [6, 6.07) is 11.1. The summed E-state index contributed by atoms with van der Waals surface area (Å²) >= 11 is 1.60. The number of carbonyl (C=O) groups is 1. The van der Waals surface area contributed by atoms with Gasteiger partial charge in [-0.3, -0.25) is 4.79 Å². The molecule has 0 radical (unpaired) electrons. The summed E-state index contributed by atoms with van der Waals surface area (Å²) in [5.41, 5.74) is 1.43. The van der Waals surface area contributed by atoms with Gasteiger partial charge in [-0.25, -0.2) is 0 Å². The van der Waals surface area contributed by atoms with Gasteiger partial charge in [0.05, 0.1) is 26.9 Å². The highest BCUT2D eigenvalue weighted by molar-refractivity contribution is 7.98. The molecule has 24 heavy (non-hydrogen) atoms. The molecule has 0 spiro atoms. The molecule has 0 unspecified atom stereocenters. The van der Waals surface area contributed by atoms with Crippen molar-refractivity contribution in [1.29, 1.82) is 0 Å². The Kier molecular flexibility index (Phi) is 6.37. The van der Waals surface area contributed by atoms with Crippen molar-refractivity contribution in [2.45, 2.75) is 11.4 Å². The van der Waals surface area contributed by atoms with Gasteiger partial charge in [-0.15, -0.1) is 11.8 Å². The molecule has 0 saturated carbocycles. The molecule has 0 atom stereocenters. The Bertz CT molecular complexity index is 718. The largest absolute Gasteiger partial charge is 0.496 e. The predicted octanol–water partition coefficient (Wildman–Crippen LogP) is 3.36. The summed E-state index contributed by atoms with van der Waals surface area (Å²) in [5, 5.41) is 2.89. The van der Waals surface area contributed by atoms with Crippen molar-refractivity contribution in [3.63, 3.8) is 0 Å². The average molecular weight is 347 g/mol. The Morgan fingerprint density at radius 2 is 1.67 bits per heavy atom. The maximum Gasteiger partial charge on any atom is 0.255 e. The molecule has 0 aliphatic rings. The Morgan fingerprint density at radius 3 is 2.29 bits per heavy atom. The number of methoxy groups -OCH3 is 3. The fraction of sp³-hybridized carbons (Fsp3) is 0.278. The molecule has 2 aromatic rings. The summed E-state index contributed by atoms with van der Waals surface area (Å²) in [4.78, 5) is 13.5. The first-order valence-corrected chi connectivity index (χ1v) is 8.56. The molecule has 0 fully saturated rings. The molecule has 2 rings (SSSR count). The van der Waals surface area contributed by atoms with Gasteiger partial charge in [0.1, 0.15) is 5.75 Å². The lowest BCUT2D eigenvalue weighted by atomic mass is 10.1. The maximum atomic E-state index is 12.4. The fourth-order valence-electron chi connectivity index (χ4n) is 2.25. The van der Waals surface area contributed by atoms with Gasteiger partial charge in [0.15, 0.2) is 11.5 Å². The molecule has 1 N–H and O–H groups in total. The molecular formula is C18H21NO4S. The van der Waals surface area contributed by atoms with Crippen molar-refractivity contribution >= 4 is 17.7 Å². The number of ether oxygens (including phenoxy) is 3. The second-order valence-corrected chi connectivity index (χ2v) is 5.82. The van der Waals surface area contributed by atoms with Crippen LogP contribution in [-0.4, -0.2) is 33.5 Å². The molecule has 0 saturated heterocycles. The van der Waals surface area contributed by atoms with E-state index in [1.807, 2.05) is 36.6 Å². The normalized spacial score (nSPS) is 10.2. The van der Waals surface area contributed by atoms with E-state index in [4.69, 9.17) is 14.2 Å². The average Bonchev–Trinajstić information content (AvgIpc) is 2.65. The second kappa shape index (κ2) is 8.49. The number of nitrogens with one attached hydrogen (secondary N) is 1. The standard InChI is InChI=1S/C18H21NO4S/c1-21-15-8-5-12(9-17(15)23-3)11-19-18(20)14-7-6-13(24-4)10-16(14)22-2/h5-10H,11H2,1-4H3,(H,19,20). The van der Waals surface area contributed by atoms with Crippen molar-refractivity contribution in [3.05, 3.63) is 47.5 Å². The Hall–Kier alpha value is -2.34. The highest BCUT2D eigenvalue weighted by atomic mass is 32.2. The van der Waals surface area contributed by atoms with Crippen LogP contribution in [0, 0.1) is 0 Å². The second-order valence-electron chi connectivity index (χ2n) is 4.94. The van der Waals surface area contributed by atoms with Gasteiger partial charge in [0.25, 0.3) is 5.91 Å². The van der Waals surface area contributed by atoms with Crippen LogP contribution in [0.2, 0.25) is 0 Å². The molecule has 0 aromatic heterocycles. The van der Waals surface area contributed by atoms with Gasteiger partial charge >= 0.3 is 0 Å². The number of amides is 1. The van der Waals surface area contributed by atoms with Crippen LogP contribution in [0.25, 0.3) is 0 Å². The zero-order chi connectivity index (χ0) is 17.5. The molecule has 5 nitrogen and oxygen atoms in total. The molecule has 0 bridgehead atoms. The van der Waals surface area contributed by atoms with Gasteiger partial charge < -0.3 is 19.5 Å². The Labute approximate surface area is 146 Å². The number of rotatable bonds is 7. The third-order valence-corrected chi connectivity index (χ3v) is 4.28. The van der Waals surface area contributed by atoms with Crippen molar-refractivity contribution in [1.82, 2.24) is 5.32 Å². The van der Waals surface area contributed by atoms with Crippen LogP contribution >= 0.6 is 11.8 Å². The number of carbonyl (C=O) groups excluding carboxylic acids is 1. The van der Waals surface area contributed by atoms with Gasteiger partial charge in [-0.05, 0) is 42.2 Å². The molecule has 0 aliphatic carbocycles. The summed E-state index contributed by atoms with van der Waals surface area (Å²) in [6.07, 6.45) is 1.98. The van der Waals surface area contributed by atoms with E-state index in [1.165, 1.54) is 0 Å². The van der Waals surface area contributed by atoms with E-state index in [-0.39, 0.29) is 5.91 Å². The number of thioether (sulfide) groups is 1. The number of benzene rings is 2. The minimum Gasteiger partial charge on any atom is -0.496 e. The molecule has 128 valence electrons. The summed E-state index contributed by atoms with van der Waals surface area (Å²) in [7, 11) is 4.73. The van der Waals surface area contributed by atoms with E-state index < -0.39 is 0 Å². The van der Waals surface area contributed by atoms with E-state index >= 15 is 0 Å². The Balaban J connectivity index is 2.11. The van der Waals surface area contributed by atoms with E-state index in [1.54, 1.807) is 39.2 Å². The predicted molar refractivity (Wildman–Crippen MR) is 95.5 cm³/mol. The lowest BCUT2D eigenvalue weighted by molar-refractivity contribution is 0.0947. The highest BCUT2D eigenvalue weighted by Gasteiger charge is 2.13. The summed E-state index contributed by atoms with van der Waals surface area (Å²) in [6.45, 7) is 0.382. The smallest absolute Gasteiger partial charge is 0.255 e. The molecular weight excluding hydrogens is 326 g/mol. The maximum absolute atomic E-state index is 12.4. The van der Waals surface area contributed by atoms with Crippen LogP contribution in [0.4, 0.5) is 0 Å². The van der Waals surface area contributed by atoms with E-state index in [9.17, 15) is 4.79 Å². The van der Waals surface area contributed by atoms with E-state index in [0.29, 0.717) is 29.4 Å². The summed E-state index contributed by atoms with van der Waals surface area (Å²) in [5.74, 6) is 1.66. The van der Waals surface area contributed by atoms with Gasteiger partial charge in [0, 0.05) is 11.4 Å². The van der Waals surface area contributed by atoms with Crippen LogP contribution in [-0.2, 0) is 6.54 Å². The van der Waals surface area contributed by atoms with Gasteiger partial charge in [-0.1, -0.05) is 6.07 Å². The van der Waals surface area contributed by atoms with Crippen molar-refractivity contribution in [2.75, 3.05) is 27.6 Å². The van der Waals surface area contributed by atoms with E-state index in [2.05, 4.69) is 5.32 Å². The molecule has 1 amide bonds. The van der Waals surface area contributed by atoms with E-state index in [0.717, 1.165) is 10.5 Å². The van der Waals surface area contributed by atoms with Crippen LogP contribution in [0.15, 0.2) is 41.3 Å². The SMILES string of the molecule is COc1ccc(CNC(=O)c2ccc(SC)cc2OC)cc1OC. The zero-order valence-corrected chi connectivity index (χ0v) is 15.0. The first kappa shape index (κ1) is 18.0. The van der Waals surface area contributed by atoms with Crippen molar-refractivity contribution in [2.24, 2.45) is 0 Å². The first-order valence-electron chi connectivity index (χ1n) is 7.34. The number of hydrogen-bond donors (Lipinski definition) is 1. The van der Waals surface area contributed by atoms with Crippen LogP contribution in [0.5, 0.6) is 17.2 Å². The minimum absolute atomic E-state index is 0.186. The van der Waals surface area contributed by atoms with Gasteiger partial charge in [0.2, 0.25) is 0 Å². The molecule has 6 heteroatoms. The third kappa shape index (κ3) is 4.14. The number of hydrogen-bond acceptors (Lipinski definition) is 5. The Morgan fingerprint density at radius 1 is 0.958 bits per heavy atom. The molecule has 0 aliphatic heterocycles. The third-order valence-electron chi connectivity index (χ3n) is 3.55. The van der Waals surface area contributed by atoms with Crippen molar-refractivity contribution < 1.29 is 19.0 Å². The fourth-order valence-corrected chi connectivity index (χ4v) is 2.68. The lowest BCUT2D eigenvalue weighted by Crippen LogP contribution is -2.23.